The van der Waals surface area contributed by atoms with Crippen molar-refractivity contribution in [2.24, 2.45) is 5.92 Å². The topological polar surface area (TPSA) is 17.1 Å². The predicted molar refractivity (Wildman–Crippen MR) is 64.9 cm³/mol. The molecule has 0 radical (unpaired) electrons. The molecular weight excluding hydrogens is 212 g/mol. The van der Waals surface area contributed by atoms with E-state index >= 15 is 0 Å². The molecule has 0 aromatic rings. The Morgan fingerprint density at radius 2 is 1.71 bits per heavy atom. The second-order valence-corrected chi connectivity index (χ2v) is 6.93. The Balaban J connectivity index is 1.94. The summed E-state index contributed by atoms with van der Waals surface area (Å²) < 4.78 is 0.598. The van der Waals surface area contributed by atoms with Gasteiger partial charge in [-0.15, -0.1) is 23.5 Å². The molecule has 0 amide bonds. The van der Waals surface area contributed by atoms with E-state index < -0.39 is 0 Å². The maximum absolute atomic E-state index is 11.9. The Kier molecular flexibility index (Phi) is 4.24. The summed E-state index contributed by atoms with van der Waals surface area (Å²) in [4.78, 5) is 11.9. The molecular formula is C11H18OS2. The van der Waals surface area contributed by atoms with Crippen molar-refractivity contribution in [3.8, 4) is 0 Å². The molecule has 2 rings (SSSR count). The minimum absolute atomic E-state index is 0.382. The van der Waals surface area contributed by atoms with E-state index in [0.717, 1.165) is 19.3 Å². The minimum atomic E-state index is 0.382. The normalized spacial score (nSPS) is 31.4. The second-order valence-electron chi connectivity index (χ2n) is 4.14. The Labute approximate surface area is 94.8 Å². The van der Waals surface area contributed by atoms with Gasteiger partial charge in [0.15, 0.2) is 0 Å². The lowest BCUT2D eigenvalue weighted by Gasteiger charge is -2.22. The van der Waals surface area contributed by atoms with Crippen LogP contribution >= 0.6 is 23.5 Å². The van der Waals surface area contributed by atoms with Crippen molar-refractivity contribution < 1.29 is 4.79 Å². The van der Waals surface area contributed by atoms with Gasteiger partial charge >= 0.3 is 0 Å². The van der Waals surface area contributed by atoms with Gasteiger partial charge in [0, 0.05) is 23.8 Å². The van der Waals surface area contributed by atoms with Crippen molar-refractivity contribution in [1.82, 2.24) is 0 Å². The largest absolute Gasteiger partial charge is 0.299 e. The van der Waals surface area contributed by atoms with Gasteiger partial charge in [-0.05, 0) is 12.8 Å². The highest BCUT2D eigenvalue weighted by Gasteiger charge is 2.31. The van der Waals surface area contributed by atoms with Crippen molar-refractivity contribution >= 4 is 29.3 Å². The maximum Gasteiger partial charge on any atom is 0.137 e. The van der Waals surface area contributed by atoms with E-state index in [9.17, 15) is 4.79 Å². The summed E-state index contributed by atoms with van der Waals surface area (Å²) in [6.45, 7) is 0. The lowest BCUT2D eigenvalue weighted by atomic mass is 9.91. The van der Waals surface area contributed by atoms with Gasteiger partial charge < -0.3 is 0 Å². The van der Waals surface area contributed by atoms with E-state index in [1.165, 1.54) is 30.8 Å². The van der Waals surface area contributed by atoms with Gasteiger partial charge in [-0.3, -0.25) is 4.79 Å². The van der Waals surface area contributed by atoms with Gasteiger partial charge in [-0.25, -0.2) is 0 Å². The summed E-state index contributed by atoms with van der Waals surface area (Å²) in [5.41, 5.74) is 0. The van der Waals surface area contributed by atoms with Gasteiger partial charge in [0.1, 0.15) is 5.78 Å². The average Bonchev–Trinajstić information content (AvgIpc) is 2.65. The van der Waals surface area contributed by atoms with Crippen molar-refractivity contribution in [3.05, 3.63) is 0 Å². The predicted octanol–water partition coefficient (Wildman–Crippen LogP) is 3.33. The molecule has 1 heterocycles. The molecule has 0 spiro atoms. The minimum Gasteiger partial charge on any atom is -0.299 e. The fraction of sp³-hybridized carbons (Fsp3) is 0.909. The van der Waals surface area contributed by atoms with Crippen LogP contribution in [-0.2, 0) is 4.79 Å². The molecule has 0 bridgehead atoms. The van der Waals surface area contributed by atoms with Crippen molar-refractivity contribution in [2.75, 3.05) is 11.5 Å². The Hall–Kier alpha value is 0.370. The molecule has 1 unspecified atom stereocenters. The van der Waals surface area contributed by atoms with Crippen LogP contribution < -0.4 is 0 Å². The van der Waals surface area contributed by atoms with Crippen LogP contribution in [0.15, 0.2) is 0 Å². The molecule has 80 valence electrons. The lowest BCUT2D eigenvalue weighted by molar-refractivity contribution is -0.123. The highest BCUT2D eigenvalue weighted by atomic mass is 32.2. The first-order valence-electron chi connectivity index (χ1n) is 5.64. The summed E-state index contributed by atoms with van der Waals surface area (Å²) >= 11 is 4.02. The van der Waals surface area contributed by atoms with Crippen LogP contribution in [0.5, 0.6) is 0 Å². The fourth-order valence-electron chi connectivity index (χ4n) is 2.26. The van der Waals surface area contributed by atoms with Gasteiger partial charge in [0.2, 0.25) is 0 Å². The van der Waals surface area contributed by atoms with Crippen molar-refractivity contribution in [3.63, 3.8) is 0 Å². The van der Waals surface area contributed by atoms with Crippen molar-refractivity contribution in [1.29, 1.82) is 0 Å². The van der Waals surface area contributed by atoms with Gasteiger partial charge in [0.05, 0.1) is 4.58 Å². The molecule has 1 nitrogen and oxygen atoms in total. The van der Waals surface area contributed by atoms with E-state index in [1.807, 2.05) is 23.5 Å². The van der Waals surface area contributed by atoms with Crippen LogP contribution in [0, 0.1) is 5.92 Å². The first-order valence-corrected chi connectivity index (χ1v) is 7.73. The van der Waals surface area contributed by atoms with Crippen LogP contribution in [0.25, 0.3) is 0 Å². The van der Waals surface area contributed by atoms with E-state index in [-0.39, 0.29) is 0 Å². The quantitative estimate of drug-likeness (QED) is 0.688. The van der Waals surface area contributed by atoms with Crippen LogP contribution in [0.2, 0.25) is 0 Å². The van der Waals surface area contributed by atoms with E-state index in [4.69, 9.17) is 0 Å². The number of hydrogen-bond donors (Lipinski definition) is 0. The number of thioether (sulfide) groups is 2. The van der Waals surface area contributed by atoms with Crippen LogP contribution in [0.3, 0.4) is 0 Å². The number of ketones is 1. The zero-order valence-corrected chi connectivity index (χ0v) is 10.2. The van der Waals surface area contributed by atoms with Gasteiger partial charge in [-0.2, -0.15) is 0 Å². The number of hydrogen-bond acceptors (Lipinski definition) is 3. The zero-order chi connectivity index (χ0) is 9.80. The molecule has 14 heavy (non-hydrogen) atoms. The van der Waals surface area contributed by atoms with Crippen LogP contribution in [0.1, 0.15) is 38.5 Å². The monoisotopic (exact) mass is 230 g/mol. The third kappa shape index (κ3) is 2.69. The van der Waals surface area contributed by atoms with Gasteiger partial charge in [-0.1, -0.05) is 19.3 Å². The fourth-order valence-corrected chi connectivity index (χ4v) is 5.50. The SMILES string of the molecule is O=C1CCCCCCC1C1SCCS1. The summed E-state index contributed by atoms with van der Waals surface area (Å²) in [6.07, 6.45) is 7.02. The molecule has 1 saturated heterocycles. The Bertz CT molecular complexity index is 199. The molecule has 1 saturated carbocycles. The van der Waals surface area contributed by atoms with E-state index in [2.05, 4.69) is 0 Å². The first kappa shape index (κ1) is 10.9. The molecule has 0 aromatic carbocycles. The second kappa shape index (κ2) is 5.45. The zero-order valence-electron chi connectivity index (χ0n) is 8.54. The summed E-state index contributed by atoms with van der Waals surface area (Å²) in [5, 5.41) is 0. The maximum atomic E-state index is 11.9. The number of carbonyl (C=O) groups excluding carboxylic acids is 1. The molecule has 2 fully saturated rings. The number of carbonyl (C=O) groups is 1. The van der Waals surface area contributed by atoms with Crippen LogP contribution in [0.4, 0.5) is 0 Å². The summed E-state index contributed by atoms with van der Waals surface area (Å²) in [7, 11) is 0. The molecule has 2 aliphatic rings. The summed E-state index contributed by atoms with van der Waals surface area (Å²) in [5.74, 6) is 3.43. The van der Waals surface area contributed by atoms with Crippen LogP contribution in [-0.4, -0.2) is 21.9 Å². The molecule has 3 heteroatoms. The van der Waals surface area contributed by atoms with Gasteiger partial charge in [0.25, 0.3) is 0 Å². The van der Waals surface area contributed by atoms with E-state index in [0.29, 0.717) is 16.3 Å². The summed E-state index contributed by atoms with van der Waals surface area (Å²) in [6, 6.07) is 0. The Morgan fingerprint density at radius 3 is 2.50 bits per heavy atom. The van der Waals surface area contributed by atoms with Crippen molar-refractivity contribution in [2.45, 2.75) is 43.1 Å². The first-order chi connectivity index (χ1) is 6.88. The standard InChI is InChI=1S/C11H18OS2/c12-10-6-4-2-1-3-5-9(10)11-13-7-8-14-11/h9,11H,1-8H2. The molecule has 1 aliphatic carbocycles. The third-order valence-corrected chi connectivity index (χ3v) is 6.35. The molecule has 1 aliphatic heterocycles. The third-order valence-electron chi connectivity index (χ3n) is 3.08. The molecule has 1 atom stereocenters. The van der Waals surface area contributed by atoms with E-state index in [1.54, 1.807) is 0 Å². The average molecular weight is 230 g/mol. The number of rotatable bonds is 1. The Morgan fingerprint density at radius 1 is 1.00 bits per heavy atom. The highest BCUT2D eigenvalue weighted by molar-refractivity contribution is 8.20. The smallest absolute Gasteiger partial charge is 0.137 e. The lowest BCUT2D eigenvalue weighted by Crippen LogP contribution is -2.23. The number of Topliss-reactive ketones (excluding diaryl/α,β-unsaturated/α-hetero) is 1. The highest BCUT2D eigenvalue weighted by Crippen LogP contribution is 2.40. The molecule has 0 N–H and O–H groups in total. The molecule has 0 aromatic heterocycles.